The minimum Gasteiger partial charge on any atom is -0.368 e. The van der Waals surface area contributed by atoms with Crippen molar-refractivity contribution < 1.29 is 0 Å². The number of hydrogen-bond acceptors (Lipinski definition) is 0. The van der Waals surface area contributed by atoms with Gasteiger partial charge in [-0.1, -0.05) is 0 Å². The summed E-state index contributed by atoms with van der Waals surface area (Å²) in [6, 6.07) is 3.89. The van der Waals surface area contributed by atoms with Crippen molar-refractivity contribution >= 4 is 25.1 Å². The van der Waals surface area contributed by atoms with E-state index in [-0.39, 0.29) is 13.5 Å². The van der Waals surface area contributed by atoms with Gasteiger partial charge in [-0.3, -0.25) is 0 Å². The van der Waals surface area contributed by atoms with E-state index in [4.69, 9.17) is 0 Å². The van der Waals surface area contributed by atoms with Crippen LogP contribution in [0.25, 0.3) is 0 Å². The van der Waals surface area contributed by atoms with Crippen LogP contribution in [0.15, 0.2) is 24.5 Å². The highest BCUT2D eigenvalue weighted by molar-refractivity contribution is 7.59. The second kappa shape index (κ2) is 10.0. The van der Waals surface area contributed by atoms with Gasteiger partial charge in [-0.05, 0) is 12.1 Å². The summed E-state index contributed by atoms with van der Waals surface area (Å²) in [5, 5.41) is 0. The van der Waals surface area contributed by atoms with Crippen LogP contribution >= 0.6 is 25.1 Å². The first-order valence-electron chi connectivity index (χ1n) is 1.96. The molecular weight excluding hydrogens is 142 g/mol. The third-order valence-corrected chi connectivity index (χ3v) is 0.496. The average Bonchev–Trinajstić information content (AvgIpc) is 2.23. The molecule has 1 nitrogen and oxygen atoms in total. The molecule has 0 aliphatic carbocycles. The summed E-state index contributed by atoms with van der Waals surface area (Å²) in [6.07, 6.45) is 5.22. The molecule has 0 atom stereocenters. The van der Waals surface area contributed by atoms with E-state index in [2.05, 4.69) is 16.6 Å². The summed E-state index contributed by atoms with van der Waals surface area (Å²) in [4.78, 5) is 2.86. The minimum absolute atomic E-state index is 0. The maximum atomic E-state index is 4.64. The van der Waals surface area contributed by atoms with Crippen molar-refractivity contribution in [3.63, 3.8) is 0 Å². The normalized spacial score (nSPS) is 5.75. The lowest BCUT2D eigenvalue weighted by molar-refractivity contribution is 1.42. The molecule has 0 bridgehead atoms. The maximum absolute atomic E-state index is 4.64. The largest absolute Gasteiger partial charge is 0.368 e. The van der Waals surface area contributed by atoms with Gasteiger partial charge in [0.2, 0.25) is 0 Å². The molecule has 1 rings (SSSR count). The second-order valence-corrected chi connectivity index (χ2v) is 0.885. The van der Waals surface area contributed by atoms with Gasteiger partial charge in [-0.25, -0.2) is 0 Å². The van der Waals surface area contributed by atoms with Crippen LogP contribution in [0.2, 0.25) is 0 Å². The van der Waals surface area contributed by atoms with E-state index >= 15 is 0 Å². The maximum Gasteiger partial charge on any atom is 0.0108 e. The average molecular weight is 152 g/mol. The van der Waals surface area contributed by atoms with Crippen LogP contribution in [0, 0.1) is 0 Å². The number of nitrogens with one attached hydrogen (secondary N) is 1. The Morgan fingerprint density at radius 3 is 1.62 bits per heavy atom. The molecule has 8 heavy (non-hydrogen) atoms. The fraction of sp³-hybridized carbons (Fsp3) is 0.200. The topological polar surface area (TPSA) is 15.8 Å². The Hall–Kier alpha value is -0.0800. The van der Waals surface area contributed by atoms with Gasteiger partial charge in [0.05, 0.1) is 0 Å². The highest BCUT2D eigenvalue weighted by Crippen LogP contribution is 1.72. The van der Waals surface area contributed by atoms with Crippen molar-refractivity contribution in [3.05, 3.63) is 24.5 Å². The number of hydrogen-bond donors (Lipinski definition) is 1. The molecule has 1 heterocycles. The third-order valence-electron chi connectivity index (χ3n) is 0.496. The zero-order chi connectivity index (χ0) is 5.54. The lowest BCUT2D eigenvalue weighted by Crippen LogP contribution is -1.38. The van der Waals surface area contributed by atoms with Crippen LogP contribution in [0.3, 0.4) is 0 Å². The molecule has 0 aliphatic heterocycles. The summed E-state index contributed by atoms with van der Waals surface area (Å²) in [7, 11) is 0. The molecule has 1 aromatic heterocycles. The Bertz CT molecular complexity index is 68.9. The molecule has 3 heteroatoms. The highest BCUT2D eigenvalue weighted by atomic mass is 35.5. The second-order valence-electron chi connectivity index (χ2n) is 0.885. The van der Waals surface area contributed by atoms with Crippen molar-refractivity contribution in [2.24, 2.45) is 0 Å². The van der Waals surface area contributed by atoms with Gasteiger partial charge in [0.25, 0.3) is 0 Å². The van der Waals surface area contributed by atoms with Gasteiger partial charge in [0, 0.05) is 18.8 Å². The summed E-state index contributed by atoms with van der Waals surface area (Å²) in [5.74, 6) is 0. The molecule has 48 valence electrons. The number of alkyl halides is 1. The zero-order valence-electron chi connectivity index (χ0n) is 4.69. The molecule has 0 unspecified atom stereocenters. The number of aromatic nitrogens is 1. The van der Waals surface area contributed by atoms with Crippen LogP contribution in [0.5, 0.6) is 0 Å². The van der Waals surface area contributed by atoms with Gasteiger partial charge < -0.3 is 4.98 Å². The van der Waals surface area contributed by atoms with Crippen LogP contribution in [-0.2, 0) is 0 Å². The van der Waals surface area contributed by atoms with E-state index in [1.54, 1.807) is 0 Å². The summed E-state index contributed by atoms with van der Waals surface area (Å²) in [5.41, 5.74) is 0. The first-order chi connectivity index (χ1) is 3.50. The van der Waals surface area contributed by atoms with Crippen molar-refractivity contribution in [2.45, 2.75) is 0 Å². The molecule has 0 radical (unpaired) electrons. The van der Waals surface area contributed by atoms with Crippen LogP contribution < -0.4 is 0 Å². The quantitative estimate of drug-likeness (QED) is 0.546. The molecule has 1 N–H and O–H groups in total. The van der Waals surface area contributed by atoms with Crippen molar-refractivity contribution in [1.82, 2.24) is 4.98 Å². The van der Waals surface area contributed by atoms with Crippen molar-refractivity contribution in [2.75, 3.05) is 6.38 Å². The standard InChI is InChI=1S/C4H5N.CH3Cl.H2S/c1-2-4-5-3-1;1-2;/h1-5H;1H3;1H2. The van der Waals surface area contributed by atoms with Crippen LogP contribution in [-0.4, -0.2) is 11.4 Å². The SMILES string of the molecule is CCl.S.c1cc[nH]c1. The van der Waals surface area contributed by atoms with E-state index in [1.165, 1.54) is 6.38 Å². The Morgan fingerprint density at radius 2 is 1.50 bits per heavy atom. The Labute approximate surface area is 61.5 Å². The molecule has 0 aliphatic rings. The number of rotatable bonds is 0. The van der Waals surface area contributed by atoms with Crippen LogP contribution in [0.4, 0.5) is 0 Å². The molecule has 0 spiro atoms. The van der Waals surface area contributed by atoms with Gasteiger partial charge in [-0.2, -0.15) is 13.5 Å². The van der Waals surface area contributed by atoms with E-state index in [9.17, 15) is 0 Å². The zero-order valence-corrected chi connectivity index (χ0v) is 6.44. The predicted molar refractivity (Wildman–Crippen MR) is 43.0 cm³/mol. The van der Waals surface area contributed by atoms with E-state index in [0.717, 1.165) is 0 Å². The molecule has 0 saturated carbocycles. The fourth-order valence-corrected chi connectivity index (χ4v) is 0.278. The van der Waals surface area contributed by atoms with Gasteiger partial charge in [-0.15, -0.1) is 11.6 Å². The van der Waals surface area contributed by atoms with Crippen molar-refractivity contribution in [3.8, 4) is 0 Å². The summed E-state index contributed by atoms with van der Waals surface area (Å²) in [6.45, 7) is 0. The minimum atomic E-state index is 0. The number of H-pyrrole nitrogens is 1. The molecule has 0 saturated heterocycles. The van der Waals surface area contributed by atoms with Gasteiger partial charge in [0.15, 0.2) is 0 Å². The van der Waals surface area contributed by atoms with Gasteiger partial charge >= 0.3 is 0 Å². The third kappa shape index (κ3) is 5.92. The molecule has 0 fully saturated rings. The smallest absolute Gasteiger partial charge is 0.0108 e. The highest BCUT2D eigenvalue weighted by Gasteiger charge is 1.55. The van der Waals surface area contributed by atoms with Crippen molar-refractivity contribution in [1.29, 1.82) is 0 Å². The van der Waals surface area contributed by atoms with E-state index < -0.39 is 0 Å². The monoisotopic (exact) mass is 151 g/mol. The van der Waals surface area contributed by atoms with E-state index in [1.807, 2.05) is 24.5 Å². The Morgan fingerprint density at radius 1 is 1.12 bits per heavy atom. The van der Waals surface area contributed by atoms with Crippen LogP contribution in [0.1, 0.15) is 0 Å². The Balaban J connectivity index is 0. The summed E-state index contributed by atoms with van der Waals surface area (Å²) >= 11 is 4.64. The molecule has 0 amide bonds. The van der Waals surface area contributed by atoms with E-state index in [0.29, 0.717) is 0 Å². The lowest BCUT2D eigenvalue weighted by Gasteiger charge is -1.49. The number of aromatic amines is 1. The first-order valence-corrected chi connectivity index (χ1v) is 2.71. The lowest BCUT2D eigenvalue weighted by atomic mass is 10.7. The molecular formula is C5H10ClNS. The molecule has 0 aromatic carbocycles. The van der Waals surface area contributed by atoms with Gasteiger partial charge in [0.1, 0.15) is 0 Å². The summed E-state index contributed by atoms with van der Waals surface area (Å²) < 4.78 is 0. The first kappa shape index (κ1) is 10.8. The molecule has 1 aromatic rings. The number of halogens is 1. The predicted octanol–water partition coefficient (Wildman–Crippen LogP) is 1.98. The fourth-order valence-electron chi connectivity index (χ4n) is 0.278. The Kier molecular flexibility index (Phi) is 13.6.